The zero-order chi connectivity index (χ0) is 19.9. The van der Waals surface area contributed by atoms with Crippen molar-refractivity contribution >= 4 is 46.4 Å². The van der Waals surface area contributed by atoms with Crippen molar-refractivity contribution in [2.24, 2.45) is 0 Å². The molecule has 0 aliphatic heterocycles. The van der Waals surface area contributed by atoms with E-state index in [1.54, 1.807) is 72.8 Å². The highest BCUT2D eigenvalue weighted by atomic mass is 35.5. The second kappa shape index (κ2) is 9.26. The lowest BCUT2D eigenvalue weighted by molar-refractivity contribution is -0.118. The Morgan fingerprint density at radius 3 is 2.18 bits per heavy atom. The highest BCUT2D eigenvalue weighted by Gasteiger charge is 2.09. The fourth-order valence-electron chi connectivity index (χ4n) is 2.34. The molecule has 28 heavy (non-hydrogen) atoms. The lowest BCUT2D eigenvalue weighted by atomic mass is 10.2. The molecule has 0 atom stereocenters. The van der Waals surface area contributed by atoms with Crippen molar-refractivity contribution in [2.75, 3.05) is 17.2 Å². The van der Waals surface area contributed by atoms with E-state index >= 15 is 0 Å². The molecule has 3 aromatic carbocycles. The molecule has 0 aliphatic carbocycles. The third kappa shape index (κ3) is 5.49. The van der Waals surface area contributed by atoms with E-state index in [9.17, 15) is 9.59 Å². The first-order valence-corrected chi connectivity index (χ1v) is 9.11. The third-order valence-electron chi connectivity index (χ3n) is 3.74. The van der Waals surface area contributed by atoms with Gasteiger partial charge in [0.05, 0.1) is 10.7 Å². The lowest BCUT2D eigenvalue weighted by Crippen LogP contribution is -2.20. The summed E-state index contributed by atoms with van der Waals surface area (Å²) in [6, 6.07) is 20.3. The first-order chi connectivity index (χ1) is 13.5. The Kier molecular flexibility index (Phi) is 6.53. The van der Waals surface area contributed by atoms with E-state index in [2.05, 4.69) is 10.6 Å². The highest BCUT2D eigenvalue weighted by Crippen LogP contribution is 2.20. The maximum absolute atomic E-state index is 12.2. The molecule has 3 aromatic rings. The van der Waals surface area contributed by atoms with Crippen LogP contribution in [0.15, 0.2) is 72.8 Å². The number of benzene rings is 3. The molecule has 2 amide bonds. The predicted octanol–water partition coefficient (Wildman–Crippen LogP) is 5.26. The van der Waals surface area contributed by atoms with Crippen molar-refractivity contribution in [3.63, 3.8) is 0 Å². The topological polar surface area (TPSA) is 67.4 Å². The van der Waals surface area contributed by atoms with E-state index in [4.69, 9.17) is 27.9 Å². The van der Waals surface area contributed by atoms with Crippen LogP contribution in [0.25, 0.3) is 0 Å². The largest absolute Gasteiger partial charge is 0.484 e. The summed E-state index contributed by atoms with van der Waals surface area (Å²) in [7, 11) is 0. The fourth-order valence-corrected chi connectivity index (χ4v) is 2.65. The van der Waals surface area contributed by atoms with Gasteiger partial charge in [0.2, 0.25) is 0 Å². The van der Waals surface area contributed by atoms with Gasteiger partial charge in [0, 0.05) is 16.3 Å². The molecule has 0 heterocycles. The Morgan fingerprint density at radius 1 is 0.821 bits per heavy atom. The minimum absolute atomic E-state index is 0.179. The van der Waals surface area contributed by atoms with Crippen LogP contribution in [-0.4, -0.2) is 18.4 Å². The Labute approximate surface area is 172 Å². The number of nitrogens with one attached hydrogen (secondary N) is 2. The number of rotatable bonds is 6. The number of hydrogen-bond donors (Lipinski definition) is 2. The van der Waals surface area contributed by atoms with Crippen molar-refractivity contribution < 1.29 is 14.3 Å². The number of ether oxygens (including phenoxy) is 1. The predicted molar refractivity (Wildman–Crippen MR) is 111 cm³/mol. The van der Waals surface area contributed by atoms with Gasteiger partial charge in [0.1, 0.15) is 5.75 Å². The van der Waals surface area contributed by atoms with Gasteiger partial charge in [-0.25, -0.2) is 0 Å². The molecule has 0 aliphatic rings. The summed E-state index contributed by atoms with van der Waals surface area (Å²) in [6.07, 6.45) is 0. The summed E-state index contributed by atoms with van der Waals surface area (Å²) in [5.41, 5.74) is 1.63. The standard InChI is InChI=1S/C21H16Cl2N2O3/c22-15-7-9-16(10-8-15)24-21(27)14-5-11-17(12-6-14)28-13-20(26)25-19-4-2-1-3-18(19)23/h1-12H,13H2,(H,24,27)(H,25,26). The van der Waals surface area contributed by atoms with Gasteiger partial charge in [-0.2, -0.15) is 0 Å². The molecular formula is C21H16Cl2N2O3. The zero-order valence-corrected chi connectivity index (χ0v) is 16.1. The molecule has 0 unspecified atom stereocenters. The van der Waals surface area contributed by atoms with Crippen molar-refractivity contribution in [1.29, 1.82) is 0 Å². The molecule has 3 rings (SSSR count). The van der Waals surface area contributed by atoms with Crippen LogP contribution < -0.4 is 15.4 Å². The molecule has 0 bridgehead atoms. The Balaban J connectivity index is 1.52. The van der Waals surface area contributed by atoms with Crippen LogP contribution in [-0.2, 0) is 4.79 Å². The minimum atomic E-state index is -0.336. The van der Waals surface area contributed by atoms with Gasteiger partial charge in [0.15, 0.2) is 6.61 Å². The minimum Gasteiger partial charge on any atom is -0.484 e. The Hall–Kier alpha value is -3.02. The van der Waals surface area contributed by atoms with Gasteiger partial charge in [-0.15, -0.1) is 0 Å². The molecule has 5 nitrogen and oxygen atoms in total. The van der Waals surface area contributed by atoms with Crippen LogP contribution in [0.1, 0.15) is 10.4 Å². The molecule has 142 valence electrons. The molecule has 0 fully saturated rings. The average Bonchev–Trinajstić information content (AvgIpc) is 2.70. The van der Waals surface area contributed by atoms with E-state index in [1.165, 1.54) is 0 Å². The number of hydrogen-bond acceptors (Lipinski definition) is 3. The van der Waals surface area contributed by atoms with Crippen molar-refractivity contribution in [3.05, 3.63) is 88.4 Å². The number of halogens is 2. The van der Waals surface area contributed by atoms with Crippen LogP contribution in [0, 0.1) is 0 Å². The van der Waals surface area contributed by atoms with Crippen molar-refractivity contribution in [2.45, 2.75) is 0 Å². The second-order valence-corrected chi connectivity index (χ2v) is 6.65. The molecule has 0 spiro atoms. The van der Waals surface area contributed by atoms with E-state index in [0.29, 0.717) is 32.7 Å². The summed E-state index contributed by atoms with van der Waals surface area (Å²) in [5.74, 6) is -0.125. The Morgan fingerprint density at radius 2 is 1.50 bits per heavy atom. The zero-order valence-electron chi connectivity index (χ0n) is 14.6. The first-order valence-electron chi connectivity index (χ1n) is 8.35. The second-order valence-electron chi connectivity index (χ2n) is 5.80. The molecule has 0 saturated heterocycles. The van der Waals surface area contributed by atoms with Gasteiger partial charge >= 0.3 is 0 Å². The molecule has 0 radical (unpaired) electrons. The number of amides is 2. The maximum Gasteiger partial charge on any atom is 0.262 e. The fraction of sp³-hybridized carbons (Fsp3) is 0.0476. The van der Waals surface area contributed by atoms with Gasteiger partial charge in [-0.1, -0.05) is 35.3 Å². The Bertz CT molecular complexity index is 974. The highest BCUT2D eigenvalue weighted by molar-refractivity contribution is 6.33. The van der Waals surface area contributed by atoms with Crippen LogP contribution in [0.5, 0.6) is 5.75 Å². The molecule has 0 aromatic heterocycles. The van der Waals surface area contributed by atoms with Crippen molar-refractivity contribution in [1.82, 2.24) is 0 Å². The van der Waals surface area contributed by atoms with Gasteiger partial charge in [-0.3, -0.25) is 9.59 Å². The van der Waals surface area contributed by atoms with E-state index in [-0.39, 0.29) is 18.4 Å². The van der Waals surface area contributed by atoms with Crippen LogP contribution in [0.2, 0.25) is 10.0 Å². The van der Waals surface area contributed by atoms with E-state index in [1.807, 2.05) is 0 Å². The number of anilines is 2. The normalized spacial score (nSPS) is 10.2. The summed E-state index contributed by atoms with van der Waals surface area (Å²) in [5, 5.41) is 6.49. The molecule has 2 N–H and O–H groups in total. The summed E-state index contributed by atoms with van der Waals surface area (Å²) in [4.78, 5) is 24.2. The average molecular weight is 415 g/mol. The van der Waals surface area contributed by atoms with Crippen LogP contribution in [0.3, 0.4) is 0 Å². The third-order valence-corrected chi connectivity index (χ3v) is 4.32. The van der Waals surface area contributed by atoms with E-state index < -0.39 is 0 Å². The number of carbonyl (C=O) groups excluding carboxylic acids is 2. The number of para-hydroxylation sites is 1. The van der Waals surface area contributed by atoms with Gasteiger partial charge in [-0.05, 0) is 60.7 Å². The smallest absolute Gasteiger partial charge is 0.262 e. The molecule has 7 heteroatoms. The first kappa shape index (κ1) is 19.7. The van der Waals surface area contributed by atoms with Gasteiger partial charge in [0.25, 0.3) is 11.8 Å². The van der Waals surface area contributed by atoms with Crippen LogP contribution in [0.4, 0.5) is 11.4 Å². The summed E-state index contributed by atoms with van der Waals surface area (Å²) >= 11 is 11.8. The van der Waals surface area contributed by atoms with Gasteiger partial charge < -0.3 is 15.4 Å². The lowest BCUT2D eigenvalue weighted by Gasteiger charge is -2.09. The molecular weight excluding hydrogens is 399 g/mol. The summed E-state index contributed by atoms with van der Waals surface area (Å²) in [6.45, 7) is -0.179. The van der Waals surface area contributed by atoms with Crippen molar-refractivity contribution in [3.8, 4) is 5.75 Å². The SMILES string of the molecule is O=C(COc1ccc(C(=O)Nc2ccc(Cl)cc2)cc1)Nc1ccccc1Cl. The number of carbonyl (C=O) groups is 2. The maximum atomic E-state index is 12.2. The van der Waals surface area contributed by atoms with Crippen LogP contribution >= 0.6 is 23.2 Å². The quantitative estimate of drug-likeness (QED) is 0.577. The monoisotopic (exact) mass is 414 g/mol. The van der Waals surface area contributed by atoms with E-state index in [0.717, 1.165) is 0 Å². The molecule has 0 saturated carbocycles. The summed E-state index contributed by atoms with van der Waals surface area (Å²) < 4.78 is 5.44.